The second-order valence-corrected chi connectivity index (χ2v) is 6.94. The Morgan fingerprint density at radius 2 is 2.23 bits per heavy atom. The maximum absolute atomic E-state index is 14.5. The highest BCUT2D eigenvalue weighted by Crippen LogP contribution is 2.37. The molecule has 0 aliphatic carbocycles. The molecule has 1 aromatic heterocycles. The van der Waals surface area contributed by atoms with Crippen molar-refractivity contribution in [3.8, 4) is 17.1 Å². The number of hydrogen-bond donors (Lipinski definition) is 1. The molecule has 7 heteroatoms. The summed E-state index contributed by atoms with van der Waals surface area (Å²) in [5.74, 6) is 0.746. The third-order valence-corrected chi connectivity index (χ3v) is 5.40. The lowest BCUT2D eigenvalue weighted by Gasteiger charge is -2.34. The molecule has 1 aromatic carbocycles. The quantitative estimate of drug-likeness (QED) is 0.884. The number of fused-ring (bicyclic) bond motifs is 1. The highest BCUT2D eigenvalue weighted by Gasteiger charge is 2.38. The number of aromatic nitrogens is 2. The van der Waals surface area contributed by atoms with E-state index in [9.17, 15) is 4.39 Å². The molecule has 2 aliphatic rings. The summed E-state index contributed by atoms with van der Waals surface area (Å²) in [5.41, 5.74) is 0.402. The molecule has 26 heavy (non-hydrogen) atoms. The van der Waals surface area contributed by atoms with Gasteiger partial charge in [-0.25, -0.2) is 9.37 Å². The van der Waals surface area contributed by atoms with Crippen molar-refractivity contribution in [1.82, 2.24) is 14.5 Å². The third kappa shape index (κ3) is 3.11. The normalized spacial score (nSPS) is 26.0. The fourth-order valence-electron chi connectivity index (χ4n) is 4.13. The number of benzene rings is 1. The average molecular weight is 361 g/mol. The molecule has 0 radical (unpaired) electrons. The van der Waals surface area contributed by atoms with Gasteiger partial charge in [0.1, 0.15) is 17.4 Å². The first kappa shape index (κ1) is 17.5. The van der Waals surface area contributed by atoms with Crippen molar-refractivity contribution in [2.24, 2.45) is 0 Å². The largest absolute Gasteiger partial charge is 0.496 e. The van der Waals surface area contributed by atoms with E-state index >= 15 is 0 Å². The maximum atomic E-state index is 14.5. The first-order valence-corrected chi connectivity index (χ1v) is 9.03. The van der Waals surface area contributed by atoms with Gasteiger partial charge in [0.25, 0.3) is 0 Å². The van der Waals surface area contributed by atoms with E-state index in [1.165, 1.54) is 6.07 Å². The highest BCUT2D eigenvalue weighted by atomic mass is 19.1. The van der Waals surface area contributed by atoms with Gasteiger partial charge >= 0.3 is 0 Å². The van der Waals surface area contributed by atoms with Gasteiger partial charge in [0.05, 0.1) is 25.4 Å². The molecule has 3 heterocycles. The number of nitrogens with zero attached hydrogens (tertiary/aromatic N) is 3. The Hall–Kier alpha value is -1.96. The van der Waals surface area contributed by atoms with Gasteiger partial charge < -0.3 is 19.1 Å². The van der Waals surface area contributed by atoms with E-state index in [4.69, 9.17) is 14.6 Å². The van der Waals surface area contributed by atoms with Gasteiger partial charge in [-0.2, -0.15) is 0 Å². The predicted molar refractivity (Wildman–Crippen MR) is 94.6 cm³/mol. The Balaban J connectivity index is 1.59. The van der Waals surface area contributed by atoms with Gasteiger partial charge in [0, 0.05) is 44.2 Å². The number of methoxy groups -OCH3 is 1. The Bertz CT molecular complexity index is 766. The molecule has 0 unspecified atom stereocenters. The molecule has 2 aromatic rings. The minimum atomic E-state index is -0.334. The molecule has 0 bridgehead atoms. The van der Waals surface area contributed by atoms with Crippen molar-refractivity contribution in [3.05, 3.63) is 36.4 Å². The lowest BCUT2D eigenvalue weighted by molar-refractivity contribution is -0.0567. The van der Waals surface area contributed by atoms with E-state index < -0.39 is 0 Å². The summed E-state index contributed by atoms with van der Waals surface area (Å²) in [6.45, 7) is 2.52. The second kappa shape index (κ2) is 7.34. The zero-order valence-corrected chi connectivity index (χ0v) is 14.8. The zero-order chi connectivity index (χ0) is 18.1. The van der Waals surface area contributed by atoms with Crippen molar-refractivity contribution in [2.45, 2.75) is 31.0 Å². The standard InChI is InChI=1S/C19H24FN3O3/c1-25-17-4-2-3-16(20)18(17)19-21-6-7-23(19)13-9-14-12-26-15(5-8-24)11-22(14)10-13/h2-4,6-7,13-15,24H,5,8-12H2,1H3/t13-,14-,15-/m0/s1. The summed E-state index contributed by atoms with van der Waals surface area (Å²) < 4.78 is 27.8. The van der Waals surface area contributed by atoms with Gasteiger partial charge in [0.15, 0.2) is 0 Å². The van der Waals surface area contributed by atoms with Crippen LogP contribution in [-0.2, 0) is 4.74 Å². The van der Waals surface area contributed by atoms with E-state index in [0.29, 0.717) is 36.2 Å². The van der Waals surface area contributed by atoms with Crippen LogP contribution in [0.4, 0.5) is 4.39 Å². The highest BCUT2D eigenvalue weighted by molar-refractivity contribution is 5.65. The van der Waals surface area contributed by atoms with Crippen LogP contribution in [0.25, 0.3) is 11.4 Å². The second-order valence-electron chi connectivity index (χ2n) is 6.94. The van der Waals surface area contributed by atoms with Gasteiger partial charge in [0.2, 0.25) is 0 Å². The first-order chi connectivity index (χ1) is 12.7. The number of aliphatic hydroxyl groups is 1. The number of morpholine rings is 1. The van der Waals surface area contributed by atoms with Crippen molar-refractivity contribution >= 4 is 0 Å². The summed E-state index contributed by atoms with van der Waals surface area (Å²) in [4.78, 5) is 6.84. The molecule has 2 fully saturated rings. The van der Waals surface area contributed by atoms with Crippen molar-refractivity contribution < 1.29 is 19.0 Å². The monoisotopic (exact) mass is 361 g/mol. The summed E-state index contributed by atoms with van der Waals surface area (Å²) in [7, 11) is 1.54. The van der Waals surface area contributed by atoms with E-state index in [1.54, 1.807) is 25.4 Å². The SMILES string of the molecule is COc1cccc(F)c1-c1nccn1[C@H]1C[C@H]2CO[C@@H](CCO)CN2C1. The summed E-state index contributed by atoms with van der Waals surface area (Å²) in [6, 6.07) is 5.38. The summed E-state index contributed by atoms with van der Waals surface area (Å²) >= 11 is 0. The van der Waals surface area contributed by atoms with Gasteiger partial charge in [-0.05, 0) is 25.0 Å². The smallest absolute Gasteiger partial charge is 0.146 e. The fraction of sp³-hybridized carbons (Fsp3) is 0.526. The number of halogens is 1. The Morgan fingerprint density at radius 3 is 3.04 bits per heavy atom. The molecule has 2 saturated heterocycles. The molecule has 3 atom stereocenters. The Labute approximate surface area is 152 Å². The van der Waals surface area contributed by atoms with Crippen molar-refractivity contribution in [2.75, 3.05) is 33.4 Å². The Kier molecular flexibility index (Phi) is 4.93. The van der Waals surface area contributed by atoms with Crippen LogP contribution < -0.4 is 4.74 Å². The lowest BCUT2D eigenvalue weighted by atomic mass is 10.1. The fourth-order valence-corrected chi connectivity index (χ4v) is 4.13. The van der Waals surface area contributed by atoms with E-state index in [0.717, 1.165) is 19.5 Å². The first-order valence-electron chi connectivity index (χ1n) is 9.03. The molecule has 0 amide bonds. The van der Waals surface area contributed by atoms with Gasteiger partial charge in [-0.1, -0.05) is 6.07 Å². The summed E-state index contributed by atoms with van der Waals surface area (Å²) in [5, 5.41) is 9.14. The topological polar surface area (TPSA) is 59.8 Å². The molecule has 0 saturated carbocycles. The van der Waals surface area contributed by atoms with Crippen LogP contribution in [0.5, 0.6) is 5.75 Å². The van der Waals surface area contributed by atoms with E-state index in [-0.39, 0.29) is 24.6 Å². The minimum absolute atomic E-state index is 0.0870. The number of imidazole rings is 1. The van der Waals surface area contributed by atoms with Gasteiger partial charge in [-0.3, -0.25) is 4.90 Å². The third-order valence-electron chi connectivity index (χ3n) is 5.40. The number of hydrogen-bond acceptors (Lipinski definition) is 5. The van der Waals surface area contributed by atoms with Crippen LogP contribution in [-0.4, -0.2) is 65.1 Å². The van der Waals surface area contributed by atoms with Crippen molar-refractivity contribution in [3.63, 3.8) is 0 Å². The van der Waals surface area contributed by atoms with Crippen LogP contribution in [0.3, 0.4) is 0 Å². The molecule has 4 rings (SSSR count). The molecule has 1 N–H and O–H groups in total. The van der Waals surface area contributed by atoms with Gasteiger partial charge in [-0.15, -0.1) is 0 Å². The average Bonchev–Trinajstić information content (AvgIpc) is 3.27. The molecule has 2 aliphatic heterocycles. The van der Waals surface area contributed by atoms with Crippen LogP contribution in [0.2, 0.25) is 0 Å². The van der Waals surface area contributed by atoms with Crippen LogP contribution in [0.15, 0.2) is 30.6 Å². The lowest BCUT2D eigenvalue weighted by Crippen LogP contribution is -2.46. The van der Waals surface area contributed by atoms with E-state index in [2.05, 4.69) is 14.5 Å². The molecule has 140 valence electrons. The van der Waals surface area contributed by atoms with Crippen LogP contribution in [0.1, 0.15) is 18.9 Å². The van der Waals surface area contributed by atoms with E-state index in [1.807, 2.05) is 6.20 Å². The molecule has 6 nitrogen and oxygen atoms in total. The number of aliphatic hydroxyl groups excluding tert-OH is 1. The molecular formula is C19H24FN3O3. The maximum Gasteiger partial charge on any atom is 0.146 e. The Morgan fingerprint density at radius 1 is 1.35 bits per heavy atom. The number of ether oxygens (including phenoxy) is 2. The zero-order valence-electron chi connectivity index (χ0n) is 14.8. The summed E-state index contributed by atoms with van der Waals surface area (Å²) in [6.07, 6.45) is 5.31. The number of rotatable bonds is 5. The molecule has 0 spiro atoms. The van der Waals surface area contributed by atoms with Crippen molar-refractivity contribution in [1.29, 1.82) is 0 Å². The predicted octanol–water partition coefficient (Wildman–Crippen LogP) is 2.09. The molecular weight excluding hydrogens is 337 g/mol. The van der Waals surface area contributed by atoms with Crippen LogP contribution in [0, 0.1) is 5.82 Å². The van der Waals surface area contributed by atoms with Crippen LogP contribution >= 0.6 is 0 Å². The minimum Gasteiger partial charge on any atom is -0.496 e.